The van der Waals surface area contributed by atoms with E-state index in [1.807, 2.05) is 46.8 Å². The molecule has 208 valence electrons. The quantitative estimate of drug-likeness (QED) is 0.299. The SMILES string of the molecule is CC(=O)O[C@H]1C[C@@]2(C)[C@@H](CC[C@H]3[C@@]4(C)C=CC(=O)[C@@H](C)[C@@H]4C(=O)[C@@H](O)[C@@]32C)/C1=C(\CCC=C(C)C)C(=O)O. The summed E-state index contributed by atoms with van der Waals surface area (Å²) in [7, 11) is 0. The van der Waals surface area contributed by atoms with Crippen molar-refractivity contribution >= 4 is 23.5 Å². The summed E-state index contributed by atoms with van der Waals surface area (Å²) >= 11 is 0. The maximum absolute atomic E-state index is 13.9. The molecule has 2 N–H and O–H groups in total. The number of aliphatic carboxylic acids is 1. The van der Waals surface area contributed by atoms with Crippen molar-refractivity contribution < 1.29 is 34.1 Å². The zero-order chi connectivity index (χ0) is 28.4. The maximum atomic E-state index is 13.9. The molecule has 0 aliphatic heterocycles. The van der Waals surface area contributed by atoms with Gasteiger partial charge in [-0.3, -0.25) is 14.4 Å². The summed E-state index contributed by atoms with van der Waals surface area (Å²) in [6.45, 7) is 13.1. The number of ether oxygens (including phenoxy) is 1. The molecule has 9 atom stereocenters. The van der Waals surface area contributed by atoms with Gasteiger partial charge in [0.25, 0.3) is 0 Å². The Balaban J connectivity index is 1.89. The van der Waals surface area contributed by atoms with Gasteiger partial charge in [-0.2, -0.15) is 0 Å². The van der Waals surface area contributed by atoms with Crippen molar-refractivity contribution in [1.29, 1.82) is 0 Å². The zero-order valence-electron chi connectivity index (χ0n) is 23.7. The molecule has 0 aromatic carbocycles. The van der Waals surface area contributed by atoms with Crippen LogP contribution in [-0.2, 0) is 23.9 Å². The summed E-state index contributed by atoms with van der Waals surface area (Å²) in [6.07, 6.45) is 5.95. The Morgan fingerprint density at radius 2 is 1.79 bits per heavy atom. The minimum Gasteiger partial charge on any atom is -0.478 e. The number of fused-ring (bicyclic) bond motifs is 5. The lowest BCUT2D eigenvalue weighted by atomic mass is 9.37. The van der Waals surface area contributed by atoms with Crippen molar-refractivity contribution in [1.82, 2.24) is 0 Å². The molecule has 3 fully saturated rings. The van der Waals surface area contributed by atoms with Crippen LogP contribution in [0.1, 0.15) is 80.6 Å². The van der Waals surface area contributed by atoms with Crippen LogP contribution in [0.2, 0.25) is 0 Å². The van der Waals surface area contributed by atoms with Crippen LogP contribution in [0.25, 0.3) is 0 Å². The fraction of sp³-hybridized carbons (Fsp3) is 0.677. The van der Waals surface area contributed by atoms with Gasteiger partial charge in [-0.15, -0.1) is 0 Å². The minimum absolute atomic E-state index is 0.0972. The van der Waals surface area contributed by atoms with E-state index in [1.165, 1.54) is 6.92 Å². The molecule has 38 heavy (non-hydrogen) atoms. The normalized spacial score (nSPS) is 43.1. The minimum atomic E-state index is -1.31. The summed E-state index contributed by atoms with van der Waals surface area (Å²) < 4.78 is 5.79. The number of aliphatic hydroxyl groups is 1. The van der Waals surface area contributed by atoms with E-state index in [2.05, 4.69) is 0 Å². The largest absolute Gasteiger partial charge is 0.478 e. The van der Waals surface area contributed by atoms with E-state index in [0.29, 0.717) is 37.7 Å². The lowest BCUT2D eigenvalue weighted by Crippen LogP contribution is -2.69. The van der Waals surface area contributed by atoms with Crippen molar-refractivity contribution in [2.45, 2.75) is 92.8 Å². The number of ketones is 2. The maximum Gasteiger partial charge on any atom is 0.331 e. The standard InChI is InChI=1S/C31H42O7/c1-16(2)9-8-10-19(28(36)37)24-20-11-12-23-29(5)14-13-21(33)17(3)25(29)26(34)27(35)31(23,7)30(20,6)15-22(24)38-18(4)32/h9,13-14,17,20,22-23,25,27,35H,8,10-12,15H2,1-7H3,(H,36,37)/b24-19-/t17-,20+,22+,23+,25-,27-,29-,30+,31-/m1/s1. The van der Waals surface area contributed by atoms with Crippen LogP contribution in [0, 0.1) is 39.9 Å². The molecule has 4 aliphatic carbocycles. The average Bonchev–Trinajstić information content (AvgIpc) is 3.09. The molecule has 4 rings (SSSR count). The Kier molecular flexibility index (Phi) is 7.18. The number of carbonyl (C=O) groups is 4. The highest BCUT2D eigenvalue weighted by Crippen LogP contribution is 2.73. The first-order valence-electron chi connectivity index (χ1n) is 13.8. The summed E-state index contributed by atoms with van der Waals surface area (Å²) in [4.78, 5) is 51.2. The number of hydrogen-bond donors (Lipinski definition) is 2. The smallest absolute Gasteiger partial charge is 0.331 e. The second-order valence-corrected chi connectivity index (χ2v) is 12.9. The molecular weight excluding hydrogens is 484 g/mol. The summed E-state index contributed by atoms with van der Waals surface area (Å²) in [5, 5.41) is 22.1. The fourth-order valence-corrected chi connectivity index (χ4v) is 8.93. The lowest BCUT2D eigenvalue weighted by molar-refractivity contribution is -0.212. The zero-order valence-corrected chi connectivity index (χ0v) is 23.7. The Hall–Kier alpha value is -2.54. The lowest BCUT2D eigenvalue weighted by Gasteiger charge is -2.66. The molecule has 0 saturated heterocycles. The van der Waals surface area contributed by atoms with E-state index in [-0.39, 0.29) is 29.0 Å². The van der Waals surface area contributed by atoms with Crippen molar-refractivity contribution in [2.75, 3.05) is 0 Å². The number of hydrogen-bond acceptors (Lipinski definition) is 6. The third-order valence-corrected chi connectivity index (χ3v) is 10.8. The molecule has 3 saturated carbocycles. The van der Waals surface area contributed by atoms with Crippen molar-refractivity contribution in [3.63, 3.8) is 0 Å². The second-order valence-electron chi connectivity index (χ2n) is 12.9. The number of rotatable bonds is 5. The highest BCUT2D eigenvalue weighted by Gasteiger charge is 2.73. The monoisotopic (exact) mass is 526 g/mol. The first kappa shape index (κ1) is 28.5. The van der Waals surface area contributed by atoms with Gasteiger partial charge in [-0.25, -0.2) is 4.79 Å². The van der Waals surface area contributed by atoms with Gasteiger partial charge in [0, 0.05) is 29.7 Å². The molecule has 7 nitrogen and oxygen atoms in total. The molecule has 0 amide bonds. The van der Waals surface area contributed by atoms with E-state index in [0.717, 1.165) is 5.57 Å². The van der Waals surface area contributed by atoms with Gasteiger partial charge in [0.2, 0.25) is 0 Å². The molecule has 0 radical (unpaired) electrons. The molecule has 4 aliphatic rings. The molecule has 0 unspecified atom stereocenters. The summed E-state index contributed by atoms with van der Waals surface area (Å²) in [5.74, 6) is -3.42. The Morgan fingerprint density at radius 1 is 1.13 bits per heavy atom. The molecular formula is C31H42O7. The topological polar surface area (TPSA) is 118 Å². The second kappa shape index (κ2) is 9.58. The van der Waals surface area contributed by atoms with Gasteiger partial charge in [-0.1, -0.05) is 45.4 Å². The van der Waals surface area contributed by atoms with Crippen molar-refractivity contribution in [3.05, 3.63) is 34.9 Å². The molecule has 0 aromatic heterocycles. The molecule has 0 aromatic rings. The van der Waals surface area contributed by atoms with Crippen LogP contribution in [0.4, 0.5) is 0 Å². The van der Waals surface area contributed by atoms with Crippen LogP contribution in [-0.4, -0.2) is 45.9 Å². The first-order valence-corrected chi connectivity index (χ1v) is 13.8. The van der Waals surface area contributed by atoms with Crippen LogP contribution in [0.15, 0.2) is 34.9 Å². The predicted molar refractivity (Wildman–Crippen MR) is 142 cm³/mol. The van der Waals surface area contributed by atoms with Crippen LogP contribution in [0.3, 0.4) is 0 Å². The van der Waals surface area contributed by atoms with Crippen LogP contribution < -0.4 is 0 Å². The average molecular weight is 527 g/mol. The highest BCUT2D eigenvalue weighted by atomic mass is 16.5. The van der Waals surface area contributed by atoms with E-state index >= 15 is 0 Å². The van der Waals surface area contributed by atoms with E-state index < -0.39 is 52.2 Å². The van der Waals surface area contributed by atoms with Crippen LogP contribution in [0.5, 0.6) is 0 Å². The molecule has 0 spiro atoms. The number of allylic oxidation sites excluding steroid dienone is 4. The number of Topliss-reactive ketones (excluding diaryl/α,β-unsaturated/α-hetero) is 1. The van der Waals surface area contributed by atoms with Crippen LogP contribution >= 0.6 is 0 Å². The van der Waals surface area contributed by atoms with Gasteiger partial charge < -0.3 is 14.9 Å². The van der Waals surface area contributed by atoms with Gasteiger partial charge in [0.1, 0.15) is 12.2 Å². The van der Waals surface area contributed by atoms with Gasteiger partial charge in [0.05, 0.1) is 0 Å². The number of carbonyl (C=O) groups excluding carboxylic acids is 3. The van der Waals surface area contributed by atoms with Gasteiger partial charge >= 0.3 is 11.9 Å². The molecule has 0 heterocycles. The van der Waals surface area contributed by atoms with E-state index in [9.17, 15) is 29.4 Å². The van der Waals surface area contributed by atoms with Crippen molar-refractivity contribution in [2.24, 2.45) is 39.9 Å². The van der Waals surface area contributed by atoms with Crippen molar-refractivity contribution in [3.8, 4) is 0 Å². The first-order chi connectivity index (χ1) is 17.6. The molecule has 7 heteroatoms. The van der Waals surface area contributed by atoms with Gasteiger partial charge in [0.15, 0.2) is 11.6 Å². The Labute approximate surface area is 225 Å². The van der Waals surface area contributed by atoms with E-state index in [4.69, 9.17) is 4.74 Å². The Bertz CT molecular complexity index is 1160. The predicted octanol–water partition coefficient (Wildman–Crippen LogP) is 4.83. The van der Waals surface area contributed by atoms with E-state index in [1.54, 1.807) is 13.0 Å². The number of carboxylic acids is 1. The fourth-order valence-electron chi connectivity index (χ4n) is 8.93. The summed E-state index contributed by atoms with van der Waals surface area (Å²) in [6, 6.07) is 0. The number of esters is 1. The third-order valence-electron chi connectivity index (χ3n) is 10.8. The summed E-state index contributed by atoms with van der Waals surface area (Å²) in [5.41, 5.74) is -0.236. The third kappa shape index (κ3) is 3.95. The number of carboxylic acid groups (broad SMARTS) is 1. The molecule has 0 bridgehead atoms. The van der Waals surface area contributed by atoms with Gasteiger partial charge in [-0.05, 0) is 80.3 Å². The highest BCUT2D eigenvalue weighted by molar-refractivity contribution is 6.00. The Morgan fingerprint density at radius 3 is 2.37 bits per heavy atom. The number of aliphatic hydroxyl groups excluding tert-OH is 1.